The van der Waals surface area contributed by atoms with Gasteiger partial charge in [-0.2, -0.15) is 0 Å². The largest absolute Gasteiger partial charge is 0.353 e. The van der Waals surface area contributed by atoms with Crippen LogP contribution in [-0.2, 0) is 25.4 Å². The van der Waals surface area contributed by atoms with Crippen LogP contribution in [0, 0.1) is 5.92 Å². The number of hydrogen-bond acceptors (Lipinski definition) is 6. The number of amides is 1. The second kappa shape index (κ2) is 8.80. The molecule has 0 spiro atoms. The highest BCUT2D eigenvalue weighted by molar-refractivity contribution is 7.10. The maximum absolute atomic E-state index is 12.8. The number of rotatable bonds is 6. The number of hydrogen-bond donors (Lipinski definition) is 1. The van der Waals surface area contributed by atoms with Crippen molar-refractivity contribution < 1.29 is 4.79 Å². The van der Waals surface area contributed by atoms with Crippen molar-refractivity contribution in [1.82, 2.24) is 28.9 Å². The number of carbonyl (C=O) groups is 1. The number of nitrogens with zero attached hydrogens (tertiary/aromatic N) is 5. The van der Waals surface area contributed by atoms with Crippen molar-refractivity contribution in [2.45, 2.75) is 32.4 Å². The topological polar surface area (TPSA) is 94.2 Å². The van der Waals surface area contributed by atoms with Crippen LogP contribution in [-0.4, -0.2) is 49.1 Å². The molecule has 0 aliphatic carbocycles. The van der Waals surface area contributed by atoms with Gasteiger partial charge in [0.05, 0.1) is 12.4 Å². The second-order valence-electron chi connectivity index (χ2n) is 8.31. The molecule has 0 unspecified atom stereocenters. The molecule has 1 amide bonds. The fourth-order valence-electron chi connectivity index (χ4n) is 4.18. The summed E-state index contributed by atoms with van der Waals surface area (Å²) in [6, 6.07) is 4.21. The quantitative estimate of drug-likeness (QED) is 0.614. The average Bonchev–Trinajstić information content (AvgIpc) is 3.41. The first-order valence-electron chi connectivity index (χ1n) is 10.5. The number of aryl methyl sites for hydroxylation is 2. The number of carbonyl (C=O) groups excluding carboxylic acids is 1. The zero-order valence-electron chi connectivity index (χ0n) is 18.1. The summed E-state index contributed by atoms with van der Waals surface area (Å²) in [4.78, 5) is 45.9. The van der Waals surface area contributed by atoms with Crippen LogP contribution in [0.2, 0.25) is 0 Å². The van der Waals surface area contributed by atoms with Gasteiger partial charge < -0.3 is 9.88 Å². The van der Waals surface area contributed by atoms with E-state index in [2.05, 4.69) is 28.2 Å². The molecule has 0 bridgehead atoms. The Morgan fingerprint density at radius 2 is 2.03 bits per heavy atom. The van der Waals surface area contributed by atoms with Crippen LogP contribution < -0.4 is 16.6 Å². The number of imidazole rings is 1. The fourth-order valence-corrected chi connectivity index (χ4v) is 5.04. The first-order valence-corrected chi connectivity index (χ1v) is 11.4. The van der Waals surface area contributed by atoms with Gasteiger partial charge in [-0.15, -0.1) is 11.3 Å². The molecule has 1 saturated heterocycles. The van der Waals surface area contributed by atoms with Crippen LogP contribution in [0.25, 0.3) is 11.2 Å². The normalized spacial score (nSPS) is 16.6. The zero-order chi connectivity index (χ0) is 22.1. The predicted molar refractivity (Wildman–Crippen MR) is 120 cm³/mol. The maximum atomic E-state index is 12.8. The highest BCUT2D eigenvalue weighted by Crippen LogP contribution is 2.29. The minimum Gasteiger partial charge on any atom is -0.353 e. The molecule has 1 aliphatic rings. The molecule has 0 radical (unpaired) electrons. The van der Waals surface area contributed by atoms with Crippen molar-refractivity contribution in [3.05, 3.63) is 49.6 Å². The molecule has 10 heteroatoms. The molecule has 3 aromatic heterocycles. The maximum Gasteiger partial charge on any atom is 0.332 e. The van der Waals surface area contributed by atoms with Crippen molar-refractivity contribution in [2.24, 2.45) is 20.0 Å². The number of aromatic nitrogens is 4. The van der Waals surface area contributed by atoms with Gasteiger partial charge in [-0.3, -0.25) is 19.1 Å². The lowest BCUT2D eigenvalue weighted by Gasteiger charge is -2.36. The number of piperidine rings is 1. The molecule has 1 atom stereocenters. The highest BCUT2D eigenvalue weighted by atomic mass is 32.1. The zero-order valence-corrected chi connectivity index (χ0v) is 18.9. The van der Waals surface area contributed by atoms with Gasteiger partial charge in [-0.25, -0.2) is 14.3 Å². The smallest absolute Gasteiger partial charge is 0.332 e. The van der Waals surface area contributed by atoms with Gasteiger partial charge in [0.25, 0.3) is 5.56 Å². The van der Waals surface area contributed by atoms with Crippen molar-refractivity contribution in [3.63, 3.8) is 0 Å². The van der Waals surface area contributed by atoms with Crippen molar-refractivity contribution in [2.75, 3.05) is 19.6 Å². The Kier molecular flexibility index (Phi) is 6.10. The molecule has 1 N–H and O–H groups in total. The van der Waals surface area contributed by atoms with Crippen molar-refractivity contribution in [1.29, 1.82) is 0 Å². The summed E-state index contributed by atoms with van der Waals surface area (Å²) >= 11 is 1.68. The van der Waals surface area contributed by atoms with Crippen LogP contribution in [0.3, 0.4) is 0 Å². The Morgan fingerprint density at radius 3 is 2.71 bits per heavy atom. The molecule has 3 aromatic rings. The van der Waals surface area contributed by atoms with E-state index in [0.717, 1.165) is 36.4 Å². The minimum atomic E-state index is -0.550. The number of thiophene rings is 1. The molecular weight excluding hydrogens is 416 g/mol. The summed E-state index contributed by atoms with van der Waals surface area (Å²) in [6.45, 7) is 4.39. The SMILES string of the molecule is CC1CCN([C@@H](CNC(=O)Cn2c(=O)c3c(ncn3C)n(C)c2=O)c2cccs2)CC1. The first kappa shape index (κ1) is 21.5. The van der Waals surface area contributed by atoms with E-state index in [1.165, 1.54) is 15.8 Å². The third kappa shape index (κ3) is 4.22. The van der Waals surface area contributed by atoms with Crippen LogP contribution in [0.5, 0.6) is 0 Å². The van der Waals surface area contributed by atoms with E-state index in [1.54, 1.807) is 30.0 Å². The highest BCUT2D eigenvalue weighted by Gasteiger charge is 2.26. The van der Waals surface area contributed by atoms with Gasteiger partial charge in [0, 0.05) is 25.5 Å². The summed E-state index contributed by atoms with van der Waals surface area (Å²) in [5, 5.41) is 5.00. The Hall–Kier alpha value is -2.72. The lowest BCUT2D eigenvalue weighted by atomic mass is 9.97. The standard InChI is InChI=1S/C21H28N6O3S/c1-14-6-8-26(9-7-14)15(16-5-4-10-31-16)11-22-17(28)12-27-20(29)18-19(23-13-24(18)2)25(3)21(27)30/h4-5,10,13-15H,6-9,11-12H2,1-3H3,(H,22,28)/t15-/m0/s1. The number of nitrogens with one attached hydrogen (secondary N) is 1. The Bertz CT molecular complexity index is 1180. The van der Waals surface area contributed by atoms with E-state index >= 15 is 0 Å². The second-order valence-corrected chi connectivity index (χ2v) is 9.29. The third-order valence-electron chi connectivity index (χ3n) is 6.13. The van der Waals surface area contributed by atoms with Crippen LogP contribution in [0.15, 0.2) is 33.4 Å². The summed E-state index contributed by atoms with van der Waals surface area (Å²) in [5.74, 6) is 0.368. The van der Waals surface area contributed by atoms with E-state index < -0.39 is 11.2 Å². The summed E-state index contributed by atoms with van der Waals surface area (Å²) in [5.41, 5.74) is -0.445. The lowest BCUT2D eigenvalue weighted by molar-refractivity contribution is -0.122. The fraction of sp³-hybridized carbons (Fsp3) is 0.524. The molecule has 4 heterocycles. The van der Waals surface area contributed by atoms with E-state index in [-0.39, 0.29) is 18.5 Å². The van der Waals surface area contributed by atoms with Gasteiger partial charge in [0.2, 0.25) is 5.91 Å². The Balaban J connectivity index is 1.51. The van der Waals surface area contributed by atoms with Gasteiger partial charge in [0.15, 0.2) is 11.2 Å². The van der Waals surface area contributed by atoms with Crippen LogP contribution >= 0.6 is 11.3 Å². The van der Waals surface area contributed by atoms with Crippen molar-refractivity contribution in [3.8, 4) is 0 Å². The Morgan fingerprint density at radius 1 is 1.29 bits per heavy atom. The summed E-state index contributed by atoms with van der Waals surface area (Å²) in [6.07, 6.45) is 3.78. The molecule has 1 aliphatic heterocycles. The molecule has 4 rings (SSSR count). The molecule has 9 nitrogen and oxygen atoms in total. The first-order chi connectivity index (χ1) is 14.9. The van der Waals surface area contributed by atoms with Gasteiger partial charge in [-0.1, -0.05) is 13.0 Å². The minimum absolute atomic E-state index is 0.0931. The summed E-state index contributed by atoms with van der Waals surface area (Å²) < 4.78 is 3.84. The average molecular weight is 445 g/mol. The van der Waals surface area contributed by atoms with Gasteiger partial charge in [-0.05, 0) is 43.3 Å². The molecule has 0 aromatic carbocycles. The molecule has 1 fully saturated rings. The number of likely N-dealkylation sites (tertiary alicyclic amines) is 1. The molecule has 166 valence electrons. The molecule has 0 saturated carbocycles. The molecular formula is C21H28N6O3S. The van der Waals surface area contributed by atoms with Gasteiger partial charge >= 0.3 is 5.69 Å². The predicted octanol–water partition coefficient (Wildman–Crippen LogP) is 1.08. The van der Waals surface area contributed by atoms with E-state index in [0.29, 0.717) is 17.7 Å². The number of fused-ring (bicyclic) bond motifs is 1. The van der Waals surface area contributed by atoms with E-state index in [1.807, 2.05) is 11.4 Å². The van der Waals surface area contributed by atoms with E-state index in [4.69, 9.17) is 0 Å². The molecule has 31 heavy (non-hydrogen) atoms. The van der Waals surface area contributed by atoms with Gasteiger partial charge in [0.1, 0.15) is 6.54 Å². The lowest BCUT2D eigenvalue weighted by Crippen LogP contribution is -2.45. The third-order valence-corrected chi connectivity index (χ3v) is 7.10. The van der Waals surface area contributed by atoms with Crippen LogP contribution in [0.4, 0.5) is 0 Å². The monoisotopic (exact) mass is 444 g/mol. The Labute approximate surface area is 183 Å². The summed E-state index contributed by atoms with van der Waals surface area (Å²) in [7, 11) is 3.24. The van der Waals surface area contributed by atoms with Crippen LogP contribution in [0.1, 0.15) is 30.7 Å². The van der Waals surface area contributed by atoms with E-state index in [9.17, 15) is 14.4 Å². The van der Waals surface area contributed by atoms with Crippen molar-refractivity contribution >= 4 is 28.4 Å².